The molecular weight excluding hydrogens is 453 g/mol. The average Bonchev–Trinajstić information content (AvgIpc) is 3.01. The molecule has 1 N–H and O–H groups in total. The Bertz CT molecular complexity index is 558. The third-order valence-electron chi connectivity index (χ3n) is 2.94. The molecule has 0 aliphatic rings. The van der Waals surface area contributed by atoms with Crippen LogP contribution >= 0.6 is 49.9 Å². The Hall–Kier alpha value is 0.0400. The van der Waals surface area contributed by atoms with Crippen molar-refractivity contribution in [1.29, 1.82) is 0 Å². The molecule has 2 aromatic rings. The highest BCUT2D eigenvalue weighted by Crippen LogP contribution is 2.31. The van der Waals surface area contributed by atoms with E-state index in [1.807, 2.05) is 10.9 Å². The molecule has 0 amide bonds. The number of halogens is 2. The Morgan fingerprint density at radius 1 is 1.60 bits per heavy atom. The average molecular weight is 470 g/mol. The molecule has 4 nitrogen and oxygen atoms in total. The van der Waals surface area contributed by atoms with E-state index in [-0.39, 0.29) is 6.04 Å². The summed E-state index contributed by atoms with van der Waals surface area (Å²) in [6.45, 7) is 4.43. The van der Waals surface area contributed by atoms with Gasteiger partial charge in [0.15, 0.2) is 0 Å². The zero-order chi connectivity index (χ0) is 14.5. The highest BCUT2D eigenvalue weighted by molar-refractivity contribution is 14.1. The van der Waals surface area contributed by atoms with Gasteiger partial charge < -0.3 is 10.1 Å². The summed E-state index contributed by atoms with van der Waals surface area (Å²) in [6, 6.07) is 2.37. The lowest BCUT2D eigenvalue weighted by Gasteiger charge is -2.19. The van der Waals surface area contributed by atoms with E-state index in [9.17, 15) is 0 Å². The van der Waals surface area contributed by atoms with Gasteiger partial charge in [0.05, 0.1) is 38.4 Å². The number of thiophene rings is 1. The molecule has 0 saturated carbocycles. The van der Waals surface area contributed by atoms with Crippen LogP contribution in [-0.2, 0) is 11.3 Å². The Balaban J connectivity index is 2.35. The van der Waals surface area contributed by atoms with E-state index in [0.717, 1.165) is 23.3 Å². The molecule has 2 heterocycles. The second-order valence-corrected chi connectivity index (χ2v) is 7.93. The molecule has 0 aromatic carbocycles. The molecule has 2 aromatic heterocycles. The Labute approximate surface area is 145 Å². The van der Waals surface area contributed by atoms with Crippen LogP contribution in [0.1, 0.15) is 24.2 Å². The minimum Gasteiger partial charge on any atom is -0.383 e. The largest absolute Gasteiger partial charge is 0.383 e. The normalized spacial score (nSPS) is 12.8. The number of aromatic nitrogens is 2. The fourth-order valence-electron chi connectivity index (χ4n) is 2.07. The van der Waals surface area contributed by atoms with Gasteiger partial charge in [0, 0.05) is 7.11 Å². The monoisotopic (exact) mass is 469 g/mol. The number of ether oxygens (including phenoxy) is 1. The third-order valence-corrected chi connectivity index (χ3v) is 5.36. The molecule has 2 rings (SSSR count). The summed E-state index contributed by atoms with van der Waals surface area (Å²) in [5.74, 6) is 0. The van der Waals surface area contributed by atoms with E-state index in [4.69, 9.17) is 4.74 Å². The van der Waals surface area contributed by atoms with Gasteiger partial charge in [0.2, 0.25) is 0 Å². The first-order chi connectivity index (χ1) is 9.67. The Morgan fingerprint density at radius 2 is 2.40 bits per heavy atom. The lowest BCUT2D eigenvalue weighted by molar-refractivity contribution is 0.182. The molecule has 110 valence electrons. The van der Waals surface area contributed by atoms with Crippen LogP contribution in [0.25, 0.3) is 0 Å². The maximum Gasteiger partial charge on any atom is 0.0768 e. The van der Waals surface area contributed by atoms with E-state index in [1.54, 1.807) is 18.4 Å². The predicted octanol–water partition coefficient (Wildman–Crippen LogP) is 3.66. The van der Waals surface area contributed by atoms with E-state index in [1.165, 1.54) is 8.45 Å². The van der Waals surface area contributed by atoms with Gasteiger partial charge >= 0.3 is 0 Å². The second-order valence-electron chi connectivity index (χ2n) is 4.27. The van der Waals surface area contributed by atoms with Gasteiger partial charge in [0.1, 0.15) is 0 Å². The number of hydrogen-bond acceptors (Lipinski definition) is 4. The molecule has 0 fully saturated rings. The molecule has 0 saturated heterocycles. The predicted molar refractivity (Wildman–Crippen MR) is 94.4 cm³/mol. The van der Waals surface area contributed by atoms with Crippen LogP contribution in [0.3, 0.4) is 0 Å². The summed E-state index contributed by atoms with van der Waals surface area (Å²) >= 11 is 7.74. The molecule has 0 radical (unpaired) electrons. The molecule has 0 bridgehead atoms. The molecule has 7 heteroatoms. The standard InChI is InChI=1S/C13H17BrIN3OS/c1-3-16-12(9-6-11(15)20-8-9)13-10(14)7-17-18(13)4-5-19-2/h6-8,12,16H,3-5H2,1-2H3. The van der Waals surface area contributed by atoms with Gasteiger partial charge in [-0.3, -0.25) is 4.68 Å². The van der Waals surface area contributed by atoms with Crippen molar-refractivity contribution >= 4 is 49.9 Å². The molecule has 0 aliphatic carbocycles. The van der Waals surface area contributed by atoms with Gasteiger partial charge in [-0.2, -0.15) is 5.10 Å². The third kappa shape index (κ3) is 3.82. The summed E-state index contributed by atoms with van der Waals surface area (Å²) in [6.07, 6.45) is 1.85. The number of nitrogens with one attached hydrogen (secondary N) is 1. The summed E-state index contributed by atoms with van der Waals surface area (Å²) in [5.41, 5.74) is 2.43. The molecule has 20 heavy (non-hydrogen) atoms. The van der Waals surface area contributed by atoms with Gasteiger partial charge in [-0.05, 0) is 62.1 Å². The van der Waals surface area contributed by atoms with Crippen molar-refractivity contribution in [2.75, 3.05) is 20.3 Å². The number of rotatable bonds is 7. The highest BCUT2D eigenvalue weighted by atomic mass is 127. The van der Waals surface area contributed by atoms with E-state index in [2.05, 4.69) is 67.3 Å². The van der Waals surface area contributed by atoms with Gasteiger partial charge in [-0.25, -0.2) is 0 Å². The summed E-state index contributed by atoms with van der Waals surface area (Å²) in [4.78, 5) is 0. The smallest absolute Gasteiger partial charge is 0.0768 e. The first-order valence-electron chi connectivity index (χ1n) is 6.34. The van der Waals surface area contributed by atoms with Crippen LogP contribution in [-0.4, -0.2) is 30.0 Å². The fraction of sp³-hybridized carbons (Fsp3) is 0.462. The molecule has 0 spiro atoms. The number of hydrogen-bond donors (Lipinski definition) is 1. The zero-order valence-electron chi connectivity index (χ0n) is 11.4. The van der Waals surface area contributed by atoms with Crippen molar-refractivity contribution in [3.63, 3.8) is 0 Å². The highest BCUT2D eigenvalue weighted by Gasteiger charge is 2.22. The van der Waals surface area contributed by atoms with Crippen molar-refractivity contribution in [3.8, 4) is 0 Å². The van der Waals surface area contributed by atoms with Crippen molar-refractivity contribution in [3.05, 3.63) is 36.3 Å². The quantitative estimate of drug-likeness (QED) is 0.629. The summed E-state index contributed by atoms with van der Waals surface area (Å²) in [7, 11) is 1.71. The number of nitrogens with zero attached hydrogens (tertiary/aromatic N) is 2. The SMILES string of the molecule is CCNC(c1csc(I)c1)c1c(Br)cnn1CCOC. The Morgan fingerprint density at radius 3 is 3.00 bits per heavy atom. The zero-order valence-corrected chi connectivity index (χ0v) is 16.0. The van der Waals surface area contributed by atoms with Crippen LogP contribution in [0.5, 0.6) is 0 Å². The summed E-state index contributed by atoms with van der Waals surface area (Å²) < 4.78 is 9.49. The first-order valence-corrected chi connectivity index (χ1v) is 9.10. The molecule has 1 unspecified atom stereocenters. The Kier molecular flexibility index (Phi) is 6.47. The van der Waals surface area contributed by atoms with Crippen LogP contribution in [0, 0.1) is 2.88 Å². The number of methoxy groups -OCH3 is 1. The van der Waals surface area contributed by atoms with E-state index < -0.39 is 0 Å². The minimum atomic E-state index is 0.147. The molecule has 0 aliphatic heterocycles. The lowest BCUT2D eigenvalue weighted by Crippen LogP contribution is -2.25. The van der Waals surface area contributed by atoms with Crippen molar-refractivity contribution in [2.24, 2.45) is 0 Å². The van der Waals surface area contributed by atoms with E-state index in [0.29, 0.717) is 6.61 Å². The second kappa shape index (κ2) is 7.88. The van der Waals surface area contributed by atoms with Crippen molar-refractivity contribution in [2.45, 2.75) is 19.5 Å². The maximum absolute atomic E-state index is 5.16. The van der Waals surface area contributed by atoms with Gasteiger partial charge in [0.25, 0.3) is 0 Å². The minimum absolute atomic E-state index is 0.147. The van der Waals surface area contributed by atoms with Crippen LogP contribution < -0.4 is 5.32 Å². The fourth-order valence-corrected chi connectivity index (χ4v) is 3.99. The van der Waals surface area contributed by atoms with Crippen LogP contribution in [0.2, 0.25) is 0 Å². The van der Waals surface area contributed by atoms with Crippen molar-refractivity contribution in [1.82, 2.24) is 15.1 Å². The van der Waals surface area contributed by atoms with Gasteiger partial charge in [-0.1, -0.05) is 6.92 Å². The van der Waals surface area contributed by atoms with E-state index >= 15 is 0 Å². The van der Waals surface area contributed by atoms with Crippen LogP contribution in [0.4, 0.5) is 0 Å². The molecular formula is C13H17BrIN3OS. The summed E-state index contributed by atoms with van der Waals surface area (Å²) in [5, 5.41) is 10.2. The first kappa shape index (κ1) is 16.4. The lowest BCUT2D eigenvalue weighted by atomic mass is 10.1. The molecule has 1 atom stereocenters. The van der Waals surface area contributed by atoms with Crippen LogP contribution in [0.15, 0.2) is 22.1 Å². The topological polar surface area (TPSA) is 39.1 Å². The maximum atomic E-state index is 5.16. The van der Waals surface area contributed by atoms with Crippen molar-refractivity contribution < 1.29 is 4.74 Å². The van der Waals surface area contributed by atoms with Gasteiger partial charge in [-0.15, -0.1) is 11.3 Å².